The van der Waals surface area contributed by atoms with E-state index in [2.05, 4.69) is 29.3 Å². The molecule has 1 aliphatic heterocycles. The Morgan fingerprint density at radius 3 is 2.69 bits per heavy atom. The quantitative estimate of drug-likeness (QED) is 0.649. The molecule has 26 heavy (non-hydrogen) atoms. The van der Waals surface area contributed by atoms with Gasteiger partial charge in [0, 0.05) is 21.5 Å². The van der Waals surface area contributed by atoms with E-state index in [4.69, 9.17) is 0 Å². The third kappa shape index (κ3) is 2.61. The molecule has 2 aromatic heterocycles. The van der Waals surface area contributed by atoms with E-state index in [0.717, 1.165) is 10.4 Å². The lowest BCUT2D eigenvalue weighted by molar-refractivity contribution is -0.110. The molecule has 2 N–H and O–H groups in total. The van der Waals surface area contributed by atoms with Crippen LogP contribution in [-0.2, 0) is 14.8 Å². The summed E-state index contributed by atoms with van der Waals surface area (Å²) in [7, 11) is -2.20. The number of aryl methyl sites for hydroxylation is 2. The molecule has 1 aromatic carbocycles. The van der Waals surface area contributed by atoms with Crippen molar-refractivity contribution in [3.05, 3.63) is 45.1 Å². The molecule has 1 aliphatic rings. The van der Waals surface area contributed by atoms with Crippen molar-refractivity contribution in [3.63, 3.8) is 0 Å². The average Bonchev–Trinajstić information content (AvgIpc) is 3.23. The van der Waals surface area contributed by atoms with Gasteiger partial charge < -0.3 is 5.32 Å². The Balaban J connectivity index is 1.88. The van der Waals surface area contributed by atoms with Gasteiger partial charge in [-0.2, -0.15) is 0 Å². The van der Waals surface area contributed by atoms with Crippen LogP contribution < -0.4 is 10.0 Å². The number of sulfonamides is 1. The van der Waals surface area contributed by atoms with Crippen LogP contribution in [0.4, 0.5) is 5.69 Å². The Bertz CT molecular complexity index is 1200. The summed E-state index contributed by atoms with van der Waals surface area (Å²) in [5.74, 6) is -0.216. The Morgan fingerprint density at radius 2 is 2.00 bits per heavy atom. The molecular weight excluding hydrogens is 388 g/mol. The first-order chi connectivity index (χ1) is 12.3. The van der Waals surface area contributed by atoms with Gasteiger partial charge in [0.25, 0.3) is 5.91 Å². The third-order valence-electron chi connectivity index (χ3n) is 4.52. The third-order valence-corrected chi connectivity index (χ3v) is 8.39. The first-order valence-corrected chi connectivity index (χ1v) is 11.1. The van der Waals surface area contributed by atoms with Crippen LogP contribution >= 0.6 is 22.7 Å². The lowest BCUT2D eigenvalue weighted by Crippen LogP contribution is -2.18. The highest BCUT2D eigenvalue weighted by atomic mass is 32.2. The van der Waals surface area contributed by atoms with Crippen molar-refractivity contribution in [2.45, 2.75) is 18.7 Å². The van der Waals surface area contributed by atoms with Crippen molar-refractivity contribution in [1.82, 2.24) is 4.72 Å². The van der Waals surface area contributed by atoms with Crippen molar-refractivity contribution in [1.29, 1.82) is 0 Å². The molecular formula is C18H16N2O3S3. The molecule has 0 fully saturated rings. The molecule has 0 radical (unpaired) electrons. The minimum absolute atomic E-state index is 0.140. The van der Waals surface area contributed by atoms with Gasteiger partial charge in [-0.15, -0.1) is 22.7 Å². The molecule has 8 heteroatoms. The highest BCUT2D eigenvalue weighted by molar-refractivity contribution is 7.89. The lowest BCUT2D eigenvalue weighted by Gasteiger charge is -2.05. The second-order valence-corrected chi connectivity index (χ2v) is 10.2. The van der Waals surface area contributed by atoms with Crippen LogP contribution in [0.3, 0.4) is 0 Å². The van der Waals surface area contributed by atoms with Crippen LogP contribution in [0.2, 0.25) is 0 Å². The van der Waals surface area contributed by atoms with E-state index in [1.54, 1.807) is 34.8 Å². The number of amides is 1. The lowest BCUT2D eigenvalue weighted by atomic mass is 10.0. The predicted octanol–water partition coefficient (Wildman–Crippen LogP) is 3.98. The van der Waals surface area contributed by atoms with Gasteiger partial charge in [-0.05, 0) is 61.7 Å². The largest absolute Gasteiger partial charge is 0.321 e. The van der Waals surface area contributed by atoms with Crippen LogP contribution in [0, 0.1) is 13.8 Å². The van der Waals surface area contributed by atoms with Crippen LogP contribution in [0.1, 0.15) is 21.6 Å². The molecule has 3 heterocycles. The van der Waals surface area contributed by atoms with Crippen molar-refractivity contribution < 1.29 is 13.2 Å². The van der Waals surface area contributed by atoms with Crippen molar-refractivity contribution >= 4 is 65.3 Å². The highest BCUT2D eigenvalue weighted by Gasteiger charge is 2.27. The zero-order chi connectivity index (χ0) is 18.6. The number of hydrogen-bond acceptors (Lipinski definition) is 5. The summed E-state index contributed by atoms with van der Waals surface area (Å²) in [6.45, 7) is 4.14. The smallest absolute Gasteiger partial charge is 0.256 e. The van der Waals surface area contributed by atoms with Crippen LogP contribution in [0.25, 0.3) is 21.0 Å². The van der Waals surface area contributed by atoms with E-state index >= 15 is 0 Å². The van der Waals surface area contributed by atoms with E-state index < -0.39 is 10.0 Å². The molecule has 0 spiro atoms. The first kappa shape index (κ1) is 17.4. The van der Waals surface area contributed by atoms with Crippen LogP contribution in [-0.4, -0.2) is 21.4 Å². The van der Waals surface area contributed by atoms with Crippen LogP contribution in [0.15, 0.2) is 28.5 Å². The molecule has 0 atom stereocenters. The van der Waals surface area contributed by atoms with Crippen molar-refractivity contribution in [2.24, 2.45) is 0 Å². The number of fused-ring (bicyclic) bond motifs is 2. The summed E-state index contributed by atoms with van der Waals surface area (Å²) < 4.78 is 27.7. The number of thiophene rings is 2. The molecule has 0 unspecified atom stereocenters. The molecule has 5 nitrogen and oxygen atoms in total. The fraction of sp³-hybridized carbons (Fsp3) is 0.167. The standard InChI is InChI=1S/C18H16N2O3S3/c1-9-8-24-18-16(9)10(2)15(25-18)7-13-12-6-11(26(22,23)19-3)4-5-14(12)20-17(13)21/h4-8,19H,1-3H3,(H,20,21). The molecule has 0 bridgehead atoms. The fourth-order valence-corrected chi connectivity index (χ4v) is 6.35. The minimum atomic E-state index is -3.57. The summed E-state index contributed by atoms with van der Waals surface area (Å²) in [5, 5.41) is 6.19. The Labute approximate surface area is 159 Å². The summed E-state index contributed by atoms with van der Waals surface area (Å²) in [6, 6.07) is 4.66. The van der Waals surface area contributed by atoms with E-state index in [-0.39, 0.29) is 10.8 Å². The Morgan fingerprint density at radius 1 is 1.23 bits per heavy atom. The maximum Gasteiger partial charge on any atom is 0.256 e. The maximum atomic E-state index is 12.5. The van der Waals surface area contributed by atoms with Gasteiger partial charge in [-0.3, -0.25) is 4.79 Å². The minimum Gasteiger partial charge on any atom is -0.321 e. The number of carbonyl (C=O) groups excluding carboxylic acids is 1. The SMILES string of the molecule is CNS(=O)(=O)c1ccc2c(c1)C(=Cc1sc3scc(C)c3c1C)C(=O)N2. The van der Waals surface area contributed by atoms with Gasteiger partial charge in [0.2, 0.25) is 10.0 Å². The van der Waals surface area contributed by atoms with Gasteiger partial charge in [-0.25, -0.2) is 13.1 Å². The van der Waals surface area contributed by atoms with E-state index in [1.807, 2.05) is 6.08 Å². The van der Waals surface area contributed by atoms with E-state index in [0.29, 0.717) is 16.8 Å². The number of benzene rings is 1. The average molecular weight is 405 g/mol. The molecule has 0 saturated heterocycles. The molecule has 3 aromatic rings. The Hall–Kier alpha value is -2.00. The fourth-order valence-electron chi connectivity index (χ4n) is 3.11. The Kier molecular flexibility index (Phi) is 4.03. The topological polar surface area (TPSA) is 75.3 Å². The number of carbonyl (C=O) groups is 1. The summed E-state index contributed by atoms with van der Waals surface area (Å²) in [4.78, 5) is 13.6. The summed E-state index contributed by atoms with van der Waals surface area (Å²) >= 11 is 3.36. The normalized spacial score (nSPS) is 15.7. The molecule has 0 saturated carbocycles. The van der Waals surface area contributed by atoms with E-state index in [1.165, 1.54) is 28.1 Å². The maximum absolute atomic E-state index is 12.5. The zero-order valence-corrected chi connectivity index (χ0v) is 16.8. The second-order valence-electron chi connectivity index (χ2n) is 6.10. The van der Waals surface area contributed by atoms with Gasteiger partial charge in [0.15, 0.2) is 0 Å². The summed E-state index contributed by atoms with van der Waals surface area (Å²) in [6.07, 6.45) is 1.86. The van der Waals surface area contributed by atoms with Gasteiger partial charge in [-0.1, -0.05) is 0 Å². The molecule has 4 rings (SSSR count). The molecule has 134 valence electrons. The first-order valence-electron chi connectivity index (χ1n) is 7.90. The van der Waals surface area contributed by atoms with Crippen molar-refractivity contribution in [2.75, 3.05) is 12.4 Å². The predicted molar refractivity (Wildman–Crippen MR) is 108 cm³/mol. The number of rotatable bonds is 3. The number of nitrogens with one attached hydrogen (secondary N) is 2. The van der Waals surface area contributed by atoms with Gasteiger partial charge in [0.1, 0.15) is 0 Å². The van der Waals surface area contributed by atoms with Crippen molar-refractivity contribution in [3.8, 4) is 0 Å². The van der Waals surface area contributed by atoms with Gasteiger partial charge in [0.05, 0.1) is 14.5 Å². The second kappa shape index (κ2) is 6.02. The zero-order valence-electron chi connectivity index (χ0n) is 14.3. The molecule has 1 amide bonds. The highest BCUT2D eigenvalue weighted by Crippen LogP contribution is 2.41. The molecule has 0 aliphatic carbocycles. The van der Waals surface area contributed by atoms with Gasteiger partial charge >= 0.3 is 0 Å². The van der Waals surface area contributed by atoms with E-state index in [9.17, 15) is 13.2 Å². The van der Waals surface area contributed by atoms with Crippen LogP contribution in [0.5, 0.6) is 0 Å². The summed E-state index contributed by atoms with van der Waals surface area (Å²) in [5.41, 5.74) is 4.11. The monoisotopic (exact) mass is 404 g/mol. The number of hydrogen-bond donors (Lipinski definition) is 2. The number of anilines is 1.